The van der Waals surface area contributed by atoms with Crippen LogP contribution in [0.3, 0.4) is 0 Å². The lowest BCUT2D eigenvalue weighted by Crippen LogP contribution is -2.24. The van der Waals surface area contributed by atoms with Crippen LogP contribution >= 0.6 is 0 Å². The van der Waals surface area contributed by atoms with Crippen LogP contribution in [0, 0.1) is 6.92 Å². The van der Waals surface area contributed by atoms with E-state index in [0.717, 1.165) is 11.3 Å². The number of aryl methyl sites for hydroxylation is 1. The van der Waals surface area contributed by atoms with Crippen molar-refractivity contribution in [1.29, 1.82) is 0 Å². The van der Waals surface area contributed by atoms with Gasteiger partial charge in [0.1, 0.15) is 11.5 Å². The molecule has 1 heterocycles. The molecule has 144 valence electrons. The highest BCUT2D eigenvalue weighted by molar-refractivity contribution is 5.92. The maximum absolute atomic E-state index is 12.3. The summed E-state index contributed by atoms with van der Waals surface area (Å²) in [7, 11) is 0. The molecule has 0 aliphatic rings. The van der Waals surface area contributed by atoms with Gasteiger partial charge in [0, 0.05) is 12.2 Å². The quantitative estimate of drug-likeness (QED) is 0.676. The molecule has 5 nitrogen and oxygen atoms in total. The Hall–Kier alpha value is -3.21. The molecule has 28 heavy (non-hydrogen) atoms. The van der Waals surface area contributed by atoms with Crippen LogP contribution in [0.4, 0.5) is 11.5 Å². The minimum absolute atomic E-state index is 0.00677. The molecular formula is C23H26N4O. The number of nitrogens with zero attached hydrogens (tertiary/aromatic N) is 2. The first-order valence-electron chi connectivity index (χ1n) is 9.35. The Morgan fingerprint density at radius 1 is 0.964 bits per heavy atom. The van der Waals surface area contributed by atoms with Crippen LogP contribution in [0.15, 0.2) is 60.9 Å². The maximum atomic E-state index is 12.3. The van der Waals surface area contributed by atoms with Crippen molar-refractivity contribution < 1.29 is 4.79 Å². The molecule has 0 aliphatic heterocycles. The van der Waals surface area contributed by atoms with E-state index in [1.165, 1.54) is 17.3 Å². The monoisotopic (exact) mass is 374 g/mol. The standard InChI is InChI=1S/C23H26N4O/c1-16-9-11-17(12-10-16)13-26-22(28)20-14-25-21(15-24-20)27-19-8-6-5-7-18(19)23(2,3)4/h5-12,14-15H,13H2,1-4H3,(H,25,27)(H,26,28). The molecule has 0 aliphatic carbocycles. The van der Waals surface area contributed by atoms with Crippen molar-refractivity contribution in [2.75, 3.05) is 5.32 Å². The summed E-state index contributed by atoms with van der Waals surface area (Å²) in [6.07, 6.45) is 3.08. The smallest absolute Gasteiger partial charge is 0.271 e. The number of benzene rings is 2. The largest absolute Gasteiger partial charge is 0.347 e. The number of nitrogens with one attached hydrogen (secondary N) is 2. The number of carbonyl (C=O) groups excluding carboxylic acids is 1. The minimum atomic E-state index is -0.241. The molecule has 0 unspecified atom stereocenters. The van der Waals surface area contributed by atoms with Gasteiger partial charge in [0.2, 0.25) is 0 Å². The van der Waals surface area contributed by atoms with E-state index in [9.17, 15) is 4.79 Å². The van der Waals surface area contributed by atoms with E-state index in [4.69, 9.17) is 0 Å². The number of rotatable bonds is 5. The van der Waals surface area contributed by atoms with Gasteiger partial charge in [-0.3, -0.25) is 4.79 Å². The second kappa shape index (κ2) is 8.21. The lowest BCUT2D eigenvalue weighted by atomic mass is 9.86. The van der Waals surface area contributed by atoms with Gasteiger partial charge in [-0.1, -0.05) is 68.8 Å². The predicted molar refractivity (Wildman–Crippen MR) is 113 cm³/mol. The van der Waals surface area contributed by atoms with Gasteiger partial charge >= 0.3 is 0 Å². The topological polar surface area (TPSA) is 66.9 Å². The first-order valence-corrected chi connectivity index (χ1v) is 9.35. The maximum Gasteiger partial charge on any atom is 0.271 e. The second-order valence-corrected chi connectivity index (χ2v) is 7.88. The number of hydrogen-bond acceptors (Lipinski definition) is 4. The van der Waals surface area contributed by atoms with Crippen molar-refractivity contribution >= 4 is 17.4 Å². The Labute approximate surface area is 166 Å². The normalized spacial score (nSPS) is 11.1. The molecule has 3 aromatic rings. The fraction of sp³-hybridized carbons (Fsp3) is 0.261. The summed E-state index contributed by atoms with van der Waals surface area (Å²) in [4.78, 5) is 20.9. The molecule has 5 heteroatoms. The van der Waals surface area contributed by atoms with Gasteiger partial charge in [-0.05, 0) is 29.5 Å². The van der Waals surface area contributed by atoms with Gasteiger partial charge in [-0.2, -0.15) is 0 Å². The molecule has 0 spiro atoms. The summed E-state index contributed by atoms with van der Waals surface area (Å²) in [5.41, 5.74) is 4.72. The molecule has 0 atom stereocenters. The Kier molecular flexibility index (Phi) is 5.73. The lowest BCUT2D eigenvalue weighted by molar-refractivity contribution is 0.0945. The van der Waals surface area contributed by atoms with Gasteiger partial charge in [0.05, 0.1) is 12.4 Å². The van der Waals surface area contributed by atoms with E-state index < -0.39 is 0 Å². The number of para-hydroxylation sites is 1. The lowest BCUT2D eigenvalue weighted by Gasteiger charge is -2.23. The van der Waals surface area contributed by atoms with Crippen molar-refractivity contribution in [3.63, 3.8) is 0 Å². The third-order valence-corrected chi connectivity index (χ3v) is 4.46. The van der Waals surface area contributed by atoms with Crippen LogP contribution < -0.4 is 10.6 Å². The second-order valence-electron chi connectivity index (χ2n) is 7.88. The SMILES string of the molecule is Cc1ccc(CNC(=O)c2cnc(Nc3ccccc3C(C)(C)C)cn2)cc1. The molecule has 2 aromatic carbocycles. The molecule has 2 N–H and O–H groups in total. The molecule has 3 rings (SSSR count). The van der Waals surface area contributed by atoms with Crippen LogP contribution in [-0.4, -0.2) is 15.9 Å². The van der Waals surface area contributed by atoms with Crippen molar-refractivity contribution in [3.8, 4) is 0 Å². The number of aromatic nitrogens is 2. The molecule has 0 bridgehead atoms. The van der Waals surface area contributed by atoms with Crippen LogP contribution in [0.25, 0.3) is 0 Å². The zero-order valence-electron chi connectivity index (χ0n) is 16.8. The number of carbonyl (C=O) groups is 1. The van der Waals surface area contributed by atoms with Crippen LogP contribution in [0.5, 0.6) is 0 Å². The summed E-state index contributed by atoms with van der Waals surface area (Å²) in [5, 5.41) is 6.17. The third-order valence-electron chi connectivity index (χ3n) is 4.46. The Bertz CT molecular complexity index is 942. The van der Waals surface area contributed by atoms with Crippen LogP contribution in [-0.2, 0) is 12.0 Å². The average molecular weight is 374 g/mol. The Balaban J connectivity index is 1.65. The van der Waals surface area contributed by atoms with Crippen molar-refractivity contribution in [2.24, 2.45) is 0 Å². The fourth-order valence-corrected chi connectivity index (χ4v) is 2.87. The van der Waals surface area contributed by atoms with Crippen molar-refractivity contribution in [2.45, 2.75) is 39.7 Å². The summed E-state index contributed by atoms with van der Waals surface area (Å²) >= 11 is 0. The van der Waals surface area contributed by atoms with E-state index in [1.807, 2.05) is 49.4 Å². The van der Waals surface area contributed by atoms with Gasteiger partial charge in [0.25, 0.3) is 5.91 Å². The third kappa shape index (κ3) is 4.94. The number of anilines is 2. The van der Waals surface area contributed by atoms with Gasteiger partial charge < -0.3 is 10.6 Å². The van der Waals surface area contributed by atoms with Crippen molar-refractivity contribution in [3.05, 3.63) is 83.3 Å². The highest BCUT2D eigenvalue weighted by Crippen LogP contribution is 2.30. The first kappa shape index (κ1) is 19.5. The number of hydrogen-bond donors (Lipinski definition) is 2. The molecule has 1 amide bonds. The molecule has 1 aromatic heterocycles. The molecule has 0 saturated heterocycles. The fourth-order valence-electron chi connectivity index (χ4n) is 2.87. The average Bonchev–Trinajstić information content (AvgIpc) is 2.67. The highest BCUT2D eigenvalue weighted by atomic mass is 16.1. The Morgan fingerprint density at radius 2 is 1.68 bits per heavy atom. The summed E-state index contributed by atoms with van der Waals surface area (Å²) in [6, 6.07) is 16.2. The first-order chi connectivity index (χ1) is 13.3. The summed E-state index contributed by atoms with van der Waals surface area (Å²) < 4.78 is 0. The van der Waals surface area contributed by atoms with E-state index in [1.54, 1.807) is 6.20 Å². The van der Waals surface area contributed by atoms with E-state index in [2.05, 4.69) is 47.4 Å². The predicted octanol–water partition coefficient (Wildman–Crippen LogP) is 4.76. The van der Waals surface area contributed by atoms with Crippen molar-refractivity contribution in [1.82, 2.24) is 15.3 Å². The van der Waals surface area contributed by atoms with E-state index >= 15 is 0 Å². The number of amides is 1. The Morgan fingerprint density at radius 3 is 2.32 bits per heavy atom. The van der Waals surface area contributed by atoms with Gasteiger partial charge in [0.15, 0.2) is 0 Å². The summed E-state index contributed by atoms with van der Waals surface area (Å²) in [5.74, 6) is 0.363. The van der Waals surface area contributed by atoms with Crippen LogP contribution in [0.2, 0.25) is 0 Å². The van der Waals surface area contributed by atoms with Gasteiger partial charge in [-0.25, -0.2) is 9.97 Å². The van der Waals surface area contributed by atoms with Gasteiger partial charge in [-0.15, -0.1) is 0 Å². The zero-order valence-corrected chi connectivity index (χ0v) is 16.8. The molecular weight excluding hydrogens is 348 g/mol. The zero-order chi connectivity index (χ0) is 20.1. The van der Waals surface area contributed by atoms with E-state index in [0.29, 0.717) is 18.1 Å². The molecule has 0 saturated carbocycles. The highest BCUT2D eigenvalue weighted by Gasteiger charge is 2.17. The minimum Gasteiger partial charge on any atom is -0.347 e. The van der Waals surface area contributed by atoms with E-state index in [-0.39, 0.29) is 11.3 Å². The van der Waals surface area contributed by atoms with Crippen LogP contribution in [0.1, 0.15) is 48.0 Å². The molecule has 0 fully saturated rings. The molecule has 0 radical (unpaired) electrons. The summed E-state index contributed by atoms with van der Waals surface area (Å²) in [6.45, 7) is 9.00.